The van der Waals surface area contributed by atoms with Crippen molar-refractivity contribution < 1.29 is 0 Å². The van der Waals surface area contributed by atoms with Crippen LogP contribution < -0.4 is 0 Å². The van der Waals surface area contributed by atoms with Gasteiger partial charge in [0, 0.05) is 17.3 Å². The van der Waals surface area contributed by atoms with Crippen LogP contribution in [0, 0.1) is 0 Å². The van der Waals surface area contributed by atoms with Gasteiger partial charge in [0.2, 0.25) is 0 Å². The predicted octanol–water partition coefficient (Wildman–Crippen LogP) is 4.54. The number of hydrogen-bond donors (Lipinski definition) is 0. The highest BCUT2D eigenvalue weighted by Gasteiger charge is 2.05. The molecular formula is C13H9NS2. The van der Waals surface area contributed by atoms with Gasteiger partial charge in [0.1, 0.15) is 5.01 Å². The number of aromatic nitrogens is 1. The van der Waals surface area contributed by atoms with Gasteiger partial charge in [-0.25, -0.2) is 4.98 Å². The van der Waals surface area contributed by atoms with E-state index in [9.17, 15) is 0 Å². The lowest BCUT2D eigenvalue weighted by atomic mass is 10.2. The van der Waals surface area contributed by atoms with Crippen LogP contribution >= 0.6 is 22.7 Å². The molecule has 3 aromatic rings. The molecule has 1 nitrogen and oxygen atoms in total. The Kier molecular flexibility index (Phi) is 2.56. The second-order valence-electron chi connectivity index (χ2n) is 3.41. The number of thiazole rings is 1. The van der Waals surface area contributed by atoms with Crippen LogP contribution in [0.15, 0.2) is 53.4 Å². The van der Waals surface area contributed by atoms with E-state index >= 15 is 0 Å². The second kappa shape index (κ2) is 4.20. The van der Waals surface area contributed by atoms with E-state index in [1.165, 1.54) is 16.0 Å². The SMILES string of the molecule is c1ccc(-c2ncc(-c3ccsc3)s2)cc1. The van der Waals surface area contributed by atoms with Gasteiger partial charge in [-0.05, 0) is 16.8 Å². The number of thiophene rings is 1. The fourth-order valence-corrected chi connectivity index (χ4v) is 3.17. The van der Waals surface area contributed by atoms with E-state index in [1.54, 1.807) is 22.7 Å². The molecule has 16 heavy (non-hydrogen) atoms. The maximum atomic E-state index is 4.47. The smallest absolute Gasteiger partial charge is 0.123 e. The van der Waals surface area contributed by atoms with Crippen molar-refractivity contribution >= 4 is 22.7 Å². The molecule has 2 aromatic heterocycles. The summed E-state index contributed by atoms with van der Waals surface area (Å²) >= 11 is 3.46. The van der Waals surface area contributed by atoms with Gasteiger partial charge in [0.15, 0.2) is 0 Å². The summed E-state index contributed by atoms with van der Waals surface area (Å²) in [4.78, 5) is 5.70. The first-order valence-electron chi connectivity index (χ1n) is 4.97. The summed E-state index contributed by atoms with van der Waals surface area (Å²) in [6.07, 6.45) is 1.95. The summed E-state index contributed by atoms with van der Waals surface area (Å²) < 4.78 is 0. The van der Waals surface area contributed by atoms with Crippen LogP contribution in [0.2, 0.25) is 0 Å². The molecule has 1 aromatic carbocycles. The van der Waals surface area contributed by atoms with Gasteiger partial charge >= 0.3 is 0 Å². The first-order chi connectivity index (χ1) is 7.93. The van der Waals surface area contributed by atoms with Gasteiger partial charge in [-0.1, -0.05) is 30.3 Å². The topological polar surface area (TPSA) is 12.9 Å². The summed E-state index contributed by atoms with van der Waals surface area (Å²) in [6, 6.07) is 12.4. The summed E-state index contributed by atoms with van der Waals surface area (Å²) in [5, 5.41) is 5.33. The van der Waals surface area contributed by atoms with Crippen molar-refractivity contribution in [3.63, 3.8) is 0 Å². The molecule has 2 heterocycles. The summed E-state index contributed by atoms with van der Waals surface area (Å²) in [6.45, 7) is 0. The first kappa shape index (κ1) is 9.75. The average molecular weight is 243 g/mol. The fourth-order valence-electron chi connectivity index (χ4n) is 1.53. The van der Waals surface area contributed by atoms with Crippen LogP contribution in [-0.4, -0.2) is 4.98 Å². The van der Waals surface area contributed by atoms with Crippen molar-refractivity contribution in [2.75, 3.05) is 0 Å². The molecule has 0 unspecified atom stereocenters. The molecule has 0 N–H and O–H groups in total. The van der Waals surface area contributed by atoms with Crippen molar-refractivity contribution in [3.05, 3.63) is 53.4 Å². The lowest BCUT2D eigenvalue weighted by Gasteiger charge is -1.93. The molecule has 0 aliphatic carbocycles. The van der Waals surface area contributed by atoms with Crippen molar-refractivity contribution in [3.8, 4) is 21.0 Å². The zero-order chi connectivity index (χ0) is 10.8. The summed E-state index contributed by atoms with van der Waals surface area (Å²) in [5.74, 6) is 0. The molecule has 0 saturated carbocycles. The maximum Gasteiger partial charge on any atom is 0.123 e. The number of nitrogens with zero attached hydrogens (tertiary/aromatic N) is 1. The Bertz CT molecular complexity index is 567. The third-order valence-electron chi connectivity index (χ3n) is 2.33. The van der Waals surface area contributed by atoms with E-state index in [-0.39, 0.29) is 0 Å². The molecule has 0 saturated heterocycles. The van der Waals surface area contributed by atoms with E-state index < -0.39 is 0 Å². The lowest BCUT2D eigenvalue weighted by Crippen LogP contribution is -1.71. The maximum absolute atomic E-state index is 4.47. The van der Waals surface area contributed by atoms with Gasteiger partial charge < -0.3 is 0 Å². The van der Waals surface area contributed by atoms with E-state index in [1.807, 2.05) is 24.4 Å². The van der Waals surface area contributed by atoms with E-state index in [2.05, 4.69) is 33.9 Å². The molecule has 3 rings (SSSR count). The first-order valence-corrected chi connectivity index (χ1v) is 6.73. The van der Waals surface area contributed by atoms with E-state index in [0.717, 1.165) is 5.01 Å². The zero-order valence-electron chi connectivity index (χ0n) is 8.46. The highest BCUT2D eigenvalue weighted by atomic mass is 32.1. The third kappa shape index (κ3) is 1.79. The molecule has 3 heteroatoms. The highest BCUT2D eigenvalue weighted by Crippen LogP contribution is 2.32. The standard InChI is InChI=1S/C13H9NS2/c1-2-4-10(5-3-1)13-14-8-12(16-13)11-6-7-15-9-11/h1-9H. The van der Waals surface area contributed by atoms with Crippen LogP contribution in [0.4, 0.5) is 0 Å². The van der Waals surface area contributed by atoms with E-state index in [0.29, 0.717) is 0 Å². The number of benzene rings is 1. The molecule has 0 aliphatic rings. The van der Waals surface area contributed by atoms with Crippen LogP contribution in [0.1, 0.15) is 0 Å². The van der Waals surface area contributed by atoms with Crippen molar-refractivity contribution in [2.24, 2.45) is 0 Å². The Morgan fingerprint density at radius 1 is 0.938 bits per heavy atom. The second-order valence-corrected chi connectivity index (χ2v) is 5.22. The van der Waals surface area contributed by atoms with Crippen LogP contribution in [0.3, 0.4) is 0 Å². The Morgan fingerprint density at radius 2 is 1.81 bits per heavy atom. The molecular weight excluding hydrogens is 234 g/mol. The number of rotatable bonds is 2. The fraction of sp³-hybridized carbons (Fsp3) is 0. The summed E-state index contributed by atoms with van der Waals surface area (Å²) in [5.41, 5.74) is 2.46. The van der Waals surface area contributed by atoms with Crippen molar-refractivity contribution in [1.82, 2.24) is 4.98 Å². The van der Waals surface area contributed by atoms with Crippen LogP contribution in [0.25, 0.3) is 21.0 Å². The van der Waals surface area contributed by atoms with Crippen molar-refractivity contribution in [1.29, 1.82) is 0 Å². The van der Waals surface area contributed by atoms with Gasteiger partial charge in [-0.2, -0.15) is 11.3 Å². The molecule has 0 aliphatic heterocycles. The largest absolute Gasteiger partial charge is 0.244 e. The Hall–Kier alpha value is -1.45. The normalized spacial score (nSPS) is 10.5. The van der Waals surface area contributed by atoms with Gasteiger partial charge in [-0.15, -0.1) is 11.3 Å². The van der Waals surface area contributed by atoms with E-state index in [4.69, 9.17) is 0 Å². The van der Waals surface area contributed by atoms with Crippen LogP contribution in [-0.2, 0) is 0 Å². The zero-order valence-corrected chi connectivity index (χ0v) is 10.1. The van der Waals surface area contributed by atoms with Crippen molar-refractivity contribution in [2.45, 2.75) is 0 Å². The quantitative estimate of drug-likeness (QED) is 0.644. The molecule has 0 spiro atoms. The third-order valence-corrected chi connectivity index (χ3v) is 4.11. The van der Waals surface area contributed by atoms with Gasteiger partial charge in [0.05, 0.1) is 4.88 Å². The Morgan fingerprint density at radius 3 is 2.56 bits per heavy atom. The molecule has 78 valence electrons. The molecule has 0 amide bonds. The minimum absolute atomic E-state index is 1.09. The van der Waals surface area contributed by atoms with Crippen LogP contribution in [0.5, 0.6) is 0 Å². The molecule has 0 radical (unpaired) electrons. The Balaban J connectivity index is 2.00. The average Bonchev–Trinajstić information content (AvgIpc) is 3.01. The summed E-state index contributed by atoms with van der Waals surface area (Å²) in [7, 11) is 0. The molecule has 0 bridgehead atoms. The van der Waals surface area contributed by atoms with Gasteiger partial charge in [0.25, 0.3) is 0 Å². The monoisotopic (exact) mass is 243 g/mol. The molecule has 0 fully saturated rings. The Labute approximate surface area is 102 Å². The minimum Gasteiger partial charge on any atom is -0.244 e. The minimum atomic E-state index is 1.09. The number of hydrogen-bond acceptors (Lipinski definition) is 3. The molecule has 0 atom stereocenters. The predicted molar refractivity (Wildman–Crippen MR) is 70.9 cm³/mol. The lowest BCUT2D eigenvalue weighted by molar-refractivity contribution is 1.41. The highest BCUT2D eigenvalue weighted by molar-refractivity contribution is 7.18. The van der Waals surface area contributed by atoms with Gasteiger partial charge in [-0.3, -0.25) is 0 Å².